The summed E-state index contributed by atoms with van der Waals surface area (Å²) in [4.78, 5) is 2.33. The first-order valence-electron chi connectivity index (χ1n) is 7.46. The molecule has 0 spiro atoms. The normalized spacial score (nSPS) is 15.6. The molecule has 2 nitrogen and oxygen atoms in total. The van der Waals surface area contributed by atoms with E-state index in [4.69, 9.17) is 4.74 Å². The number of ether oxygens (including phenoxy) is 1. The molecule has 0 N–H and O–H groups in total. The van der Waals surface area contributed by atoms with Crippen LogP contribution in [0.25, 0.3) is 5.57 Å². The average Bonchev–Trinajstić information content (AvgIpc) is 2.55. The third-order valence-corrected chi connectivity index (χ3v) is 3.88. The maximum atomic E-state index is 6.05. The van der Waals surface area contributed by atoms with Gasteiger partial charge in [0.05, 0.1) is 0 Å². The van der Waals surface area contributed by atoms with Crippen LogP contribution in [-0.2, 0) is 6.61 Å². The Labute approximate surface area is 126 Å². The van der Waals surface area contributed by atoms with Crippen LogP contribution < -0.4 is 4.74 Å². The van der Waals surface area contributed by atoms with Crippen LogP contribution in [0.15, 0.2) is 60.7 Å². The quantitative estimate of drug-likeness (QED) is 0.839. The zero-order valence-corrected chi connectivity index (χ0v) is 12.5. The molecular weight excluding hydrogens is 258 g/mol. The molecule has 2 aromatic rings. The molecule has 0 saturated heterocycles. The summed E-state index contributed by atoms with van der Waals surface area (Å²) in [6, 6.07) is 18.7. The van der Waals surface area contributed by atoms with E-state index in [0.717, 1.165) is 25.3 Å². The highest BCUT2D eigenvalue weighted by molar-refractivity contribution is 5.71. The second-order valence-corrected chi connectivity index (χ2v) is 5.51. The van der Waals surface area contributed by atoms with Gasteiger partial charge >= 0.3 is 0 Å². The van der Waals surface area contributed by atoms with Crippen LogP contribution >= 0.6 is 0 Å². The maximum absolute atomic E-state index is 6.05. The molecule has 0 radical (unpaired) electrons. The Morgan fingerprint density at radius 2 is 1.76 bits per heavy atom. The van der Waals surface area contributed by atoms with Crippen LogP contribution in [0.4, 0.5) is 0 Å². The average molecular weight is 279 g/mol. The van der Waals surface area contributed by atoms with Gasteiger partial charge in [-0.1, -0.05) is 54.6 Å². The van der Waals surface area contributed by atoms with E-state index in [9.17, 15) is 0 Å². The van der Waals surface area contributed by atoms with E-state index in [1.165, 1.54) is 16.7 Å². The van der Waals surface area contributed by atoms with Crippen molar-refractivity contribution in [3.8, 4) is 5.75 Å². The van der Waals surface area contributed by atoms with Gasteiger partial charge < -0.3 is 9.64 Å². The fourth-order valence-corrected chi connectivity index (χ4v) is 2.61. The second kappa shape index (κ2) is 6.59. The lowest BCUT2D eigenvalue weighted by Crippen LogP contribution is -2.23. The molecule has 0 unspecified atom stereocenters. The van der Waals surface area contributed by atoms with Gasteiger partial charge in [-0.15, -0.1) is 0 Å². The summed E-state index contributed by atoms with van der Waals surface area (Å²) in [6.45, 7) is 2.74. The monoisotopic (exact) mass is 279 g/mol. The number of nitrogens with zero attached hydrogens (tertiary/aromatic N) is 1. The van der Waals surface area contributed by atoms with Crippen molar-refractivity contribution in [2.75, 3.05) is 20.1 Å². The highest BCUT2D eigenvalue weighted by atomic mass is 16.5. The molecule has 0 aliphatic carbocycles. The van der Waals surface area contributed by atoms with Crippen molar-refractivity contribution >= 4 is 5.57 Å². The van der Waals surface area contributed by atoms with Gasteiger partial charge in [0, 0.05) is 18.7 Å². The lowest BCUT2D eigenvalue weighted by Gasteiger charge is -2.23. The van der Waals surface area contributed by atoms with Crippen LogP contribution in [0.2, 0.25) is 0 Å². The number of likely N-dealkylation sites (N-methyl/N-ethyl adjacent to an activating group) is 1. The molecule has 0 fully saturated rings. The second-order valence-electron chi connectivity index (χ2n) is 5.51. The van der Waals surface area contributed by atoms with Crippen molar-refractivity contribution in [2.45, 2.75) is 13.0 Å². The standard InChI is InChI=1S/C19H21NO/c1-20-13-11-17(12-14-20)18-9-5-6-10-19(18)21-15-16-7-3-2-4-8-16/h2-11H,12-15H2,1H3. The molecular formula is C19H21NO. The molecule has 0 atom stereocenters. The van der Waals surface area contributed by atoms with Crippen molar-refractivity contribution in [3.05, 3.63) is 71.8 Å². The third-order valence-electron chi connectivity index (χ3n) is 3.88. The van der Waals surface area contributed by atoms with E-state index >= 15 is 0 Å². The Bertz CT molecular complexity index is 618. The molecule has 0 bridgehead atoms. The third kappa shape index (κ3) is 3.53. The van der Waals surface area contributed by atoms with Crippen molar-refractivity contribution < 1.29 is 4.74 Å². The fourth-order valence-electron chi connectivity index (χ4n) is 2.61. The summed E-state index contributed by atoms with van der Waals surface area (Å²) < 4.78 is 6.05. The number of hydrogen-bond donors (Lipinski definition) is 0. The molecule has 2 aromatic carbocycles. The number of rotatable bonds is 4. The van der Waals surface area contributed by atoms with Gasteiger partial charge in [-0.2, -0.15) is 0 Å². The lowest BCUT2D eigenvalue weighted by atomic mass is 9.99. The Balaban J connectivity index is 1.77. The van der Waals surface area contributed by atoms with Gasteiger partial charge in [-0.25, -0.2) is 0 Å². The summed E-state index contributed by atoms with van der Waals surface area (Å²) in [7, 11) is 2.16. The Kier molecular flexibility index (Phi) is 4.37. The van der Waals surface area contributed by atoms with Crippen molar-refractivity contribution in [1.29, 1.82) is 0 Å². The molecule has 2 heteroatoms. The summed E-state index contributed by atoms with van der Waals surface area (Å²) in [5, 5.41) is 0. The van der Waals surface area contributed by atoms with Gasteiger partial charge in [-0.3, -0.25) is 0 Å². The van der Waals surface area contributed by atoms with Crippen molar-refractivity contribution in [3.63, 3.8) is 0 Å². The molecule has 3 rings (SSSR count). The summed E-state index contributed by atoms with van der Waals surface area (Å²) in [6.07, 6.45) is 3.40. The molecule has 108 valence electrons. The van der Waals surface area contributed by atoms with E-state index in [2.05, 4.69) is 48.4 Å². The molecule has 21 heavy (non-hydrogen) atoms. The molecule has 1 heterocycles. The van der Waals surface area contributed by atoms with E-state index in [0.29, 0.717) is 6.61 Å². The zero-order valence-electron chi connectivity index (χ0n) is 12.5. The first-order valence-corrected chi connectivity index (χ1v) is 7.46. The zero-order chi connectivity index (χ0) is 14.5. The minimum atomic E-state index is 0.616. The smallest absolute Gasteiger partial charge is 0.127 e. The Hall–Kier alpha value is -2.06. The van der Waals surface area contributed by atoms with Gasteiger partial charge in [0.25, 0.3) is 0 Å². The van der Waals surface area contributed by atoms with Crippen LogP contribution in [0.1, 0.15) is 17.5 Å². The van der Waals surface area contributed by atoms with Crippen LogP contribution in [-0.4, -0.2) is 25.0 Å². The summed E-state index contributed by atoms with van der Waals surface area (Å²) in [5.74, 6) is 0.983. The minimum Gasteiger partial charge on any atom is -0.488 e. The fraction of sp³-hybridized carbons (Fsp3) is 0.263. The topological polar surface area (TPSA) is 12.5 Å². The van der Waals surface area contributed by atoms with Gasteiger partial charge in [0.2, 0.25) is 0 Å². The molecule has 1 aliphatic rings. The predicted octanol–water partition coefficient (Wildman–Crippen LogP) is 3.98. The first-order chi connectivity index (χ1) is 10.3. The Morgan fingerprint density at radius 3 is 2.52 bits per heavy atom. The van der Waals surface area contributed by atoms with E-state index in [-0.39, 0.29) is 0 Å². The van der Waals surface area contributed by atoms with Crippen molar-refractivity contribution in [1.82, 2.24) is 4.90 Å². The Morgan fingerprint density at radius 1 is 1.00 bits per heavy atom. The van der Waals surface area contributed by atoms with Crippen molar-refractivity contribution in [2.24, 2.45) is 0 Å². The van der Waals surface area contributed by atoms with Crippen LogP contribution in [0.5, 0.6) is 5.75 Å². The van der Waals surface area contributed by atoms with E-state index in [1.54, 1.807) is 0 Å². The number of benzene rings is 2. The van der Waals surface area contributed by atoms with E-state index in [1.807, 2.05) is 24.3 Å². The predicted molar refractivity (Wildman–Crippen MR) is 87.3 cm³/mol. The summed E-state index contributed by atoms with van der Waals surface area (Å²) >= 11 is 0. The highest BCUT2D eigenvalue weighted by Crippen LogP contribution is 2.30. The first kappa shape index (κ1) is 13.9. The molecule has 0 amide bonds. The number of para-hydroxylation sites is 1. The SMILES string of the molecule is CN1CC=C(c2ccccc2OCc2ccccc2)CC1. The van der Waals surface area contributed by atoms with E-state index < -0.39 is 0 Å². The summed E-state index contributed by atoms with van der Waals surface area (Å²) in [5.41, 5.74) is 3.84. The van der Waals surface area contributed by atoms with Gasteiger partial charge in [-0.05, 0) is 30.7 Å². The van der Waals surface area contributed by atoms with Gasteiger partial charge in [0.1, 0.15) is 12.4 Å². The highest BCUT2D eigenvalue weighted by Gasteiger charge is 2.13. The van der Waals surface area contributed by atoms with Gasteiger partial charge in [0.15, 0.2) is 0 Å². The lowest BCUT2D eigenvalue weighted by molar-refractivity contribution is 0.304. The molecule has 0 saturated carbocycles. The molecule has 0 aromatic heterocycles. The number of hydrogen-bond acceptors (Lipinski definition) is 2. The van der Waals surface area contributed by atoms with Crippen LogP contribution in [0, 0.1) is 0 Å². The minimum absolute atomic E-state index is 0.616. The maximum Gasteiger partial charge on any atom is 0.127 e. The largest absolute Gasteiger partial charge is 0.488 e. The molecule has 1 aliphatic heterocycles. The van der Waals surface area contributed by atoms with Crippen LogP contribution in [0.3, 0.4) is 0 Å².